The lowest BCUT2D eigenvalue weighted by Gasteiger charge is -2.49. The molecule has 1 aliphatic carbocycles. The molecular formula is C47H32F5N3O3. The van der Waals surface area contributed by atoms with Crippen LogP contribution in [-0.4, -0.2) is 11.2 Å². The van der Waals surface area contributed by atoms with Gasteiger partial charge in [0.1, 0.15) is 28.9 Å². The summed E-state index contributed by atoms with van der Waals surface area (Å²) in [6.45, 7) is 5.15. The number of anilines is 3. The van der Waals surface area contributed by atoms with Crippen molar-refractivity contribution in [3.63, 3.8) is 0 Å². The highest BCUT2D eigenvalue weighted by atomic mass is 19.2. The molecule has 0 bridgehead atoms. The van der Waals surface area contributed by atoms with E-state index in [1.165, 1.54) is 4.90 Å². The van der Waals surface area contributed by atoms with Crippen LogP contribution in [0.4, 0.5) is 39.0 Å². The molecule has 1 fully saturated rings. The number of benzene rings is 6. The van der Waals surface area contributed by atoms with Crippen molar-refractivity contribution in [1.29, 1.82) is 10.5 Å². The first-order valence-corrected chi connectivity index (χ1v) is 18.7. The van der Waals surface area contributed by atoms with Crippen molar-refractivity contribution >= 4 is 17.1 Å². The minimum Gasteiger partial charge on any atom is -0.479 e. The standard InChI is InChI=1S/C47H32F5N3O3/c1-46(2)47(3,22-25-14-15-25)58-44-31(24-54)43(30(23-53)36(45(44)57-46)37-38(48)40(50)42(52)41(51)39(37)49)55-32-18-16-28(26-10-6-4-7-11-26)20-34(32)56-35-21-29(17-19-33(35)55)27-12-8-5-9-13-27/h4-13,16-21,25H,14-15,22H2,1-3H3. The van der Waals surface area contributed by atoms with Crippen LogP contribution in [0.1, 0.15) is 51.2 Å². The summed E-state index contributed by atoms with van der Waals surface area (Å²) in [7, 11) is 0. The Hall–Kier alpha value is -6.85. The van der Waals surface area contributed by atoms with Crippen molar-refractivity contribution in [2.45, 2.75) is 51.2 Å². The molecule has 11 heteroatoms. The second-order valence-corrected chi connectivity index (χ2v) is 15.4. The minimum absolute atomic E-state index is 0.231. The van der Waals surface area contributed by atoms with Gasteiger partial charge in [0.15, 0.2) is 46.3 Å². The van der Waals surface area contributed by atoms with Crippen LogP contribution in [0.25, 0.3) is 33.4 Å². The van der Waals surface area contributed by atoms with Crippen LogP contribution in [0.3, 0.4) is 0 Å². The minimum atomic E-state index is -2.37. The van der Waals surface area contributed by atoms with Crippen molar-refractivity contribution in [3.8, 4) is 68.5 Å². The predicted molar refractivity (Wildman–Crippen MR) is 208 cm³/mol. The molecule has 0 aromatic heterocycles. The van der Waals surface area contributed by atoms with Crippen LogP contribution in [-0.2, 0) is 0 Å². The van der Waals surface area contributed by atoms with E-state index < -0.39 is 62.7 Å². The first kappa shape index (κ1) is 36.8. The number of ether oxygens (including phenoxy) is 3. The first-order valence-electron chi connectivity index (χ1n) is 18.7. The molecule has 2 aliphatic heterocycles. The maximum absolute atomic E-state index is 16.1. The molecular weight excluding hydrogens is 750 g/mol. The van der Waals surface area contributed by atoms with Gasteiger partial charge in [-0.25, -0.2) is 22.0 Å². The summed E-state index contributed by atoms with van der Waals surface area (Å²) in [4.78, 5) is 1.53. The van der Waals surface area contributed by atoms with E-state index >= 15 is 17.6 Å². The average molecular weight is 782 g/mol. The van der Waals surface area contributed by atoms with Crippen molar-refractivity contribution < 1.29 is 36.2 Å². The lowest BCUT2D eigenvalue weighted by molar-refractivity contribution is -0.117. The third-order valence-corrected chi connectivity index (χ3v) is 11.5. The number of fused-ring (bicyclic) bond motifs is 3. The molecule has 288 valence electrons. The van der Waals surface area contributed by atoms with Gasteiger partial charge < -0.3 is 19.1 Å². The van der Waals surface area contributed by atoms with E-state index in [0.717, 1.165) is 35.1 Å². The second-order valence-electron chi connectivity index (χ2n) is 15.4. The first-order chi connectivity index (χ1) is 27.9. The molecule has 0 saturated heterocycles. The van der Waals surface area contributed by atoms with E-state index in [9.17, 15) is 14.9 Å². The molecule has 6 aromatic carbocycles. The van der Waals surface area contributed by atoms with Crippen molar-refractivity contribution in [3.05, 3.63) is 137 Å². The molecule has 1 atom stereocenters. The van der Waals surface area contributed by atoms with Crippen LogP contribution in [0.2, 0.25) is 0 Å². The fourth-order valence-corrected chi connectivity index (χ4v) is 7.93. The van der Waals surface area contributed by atoms with E-state index in [2.05, 4.69) is 6.07 Å². The summed E-state index contributed by atoms with van der Waals surface area (Å²) >= 11 is 0. The highest BCUT2D eigenvalue weighted by Gasteiger charge is 2.54. The van der Waals surface area contributed by atoms with E-state index in [1.54, 1.807) is 45.0 Å². The van der Waals surface area contributed by atoms with Gasteiger partial charge >= 0.3 is 0 Å². The van der Waals surface area contributed by atoms with Crippen LogP contribution in [0, 0.1) is 57.7 Å². The molecule has 1 unspecified atom stereocenters. The largest absolute Gasteiger partial charge is 0.479 e. The summed E-state index contributed by atoms with van der Waals surface area (Å²) in [5.41, 5.74) is -1.75. The Morgan fingerprint density at radius 1 is 0.603 bits per heavy atom. The molecule has 0 N–H and O–H groups in total. The number of nitriles is 2. The molecule has 2 heterocycles. The van der Waals surface area contributed by atoms with E-state index in [4.69, 9.17) is 14.2 Å². The van der Waals surface area contributed by atoms with Gasteiger partial charge in [-0.05, 0) is 79.6 Å². The third-order valence-electron chi connectivity index (χ3n) is 11.5. The topological polar surface area (TPSA) is 78.5 Å². The van der Waals surface area contributed by atoms with Crippen LogP contribution < -0.4 is 19.1 Å². The summed E-state index contributed by atoms with van der Waals surface area (Å²) < 4.78 is 97.0. The highest BCUT2D eigenvalue weighted by Crippen LogP contribution is 2.61. The monoisotopic (exact) mass is 781 g/mol. The molecule has 0 radical (unpaired) electrons. The molecule has 58 heavy (non-hydrogen) atoms. The van der Waals surface area contributed by atoms with Gasteiger partial charge in [-0.2, -0.15) is 10.5 Å². The number of hydrogen-bond acceptors (Lipinski definition) is 6. The Bertz CT molecular complexity index is 2660. The fraction of sp³-hybridized carbons (Fsp3) is 0.191. The smallest absolute Gasteiger partial charge is 0.200 e. The van der Waals surface area contributed by atoms with E-state index in [-0.39, 0.29) is 22.9 Å². The van der Waals surface area contributed by atoms with Crippen LogP contribution >= 0.6 is 0 Å². The van der Waals surface area contributed by atoms with Crippen molar-refractivity contribution in [1.82, 2.24) is 0 Å². The zero-order valence-electron chi connectivity index (χ0n) is 31.4. The Morgan fingerprint density at radius 3 is 1.59 bits per heavy atom. The number of hydrogen-bond donors (Lipinski definition) is 0. The maximum Gasteiger partial charge on any atom is 0.200 e. The van der Waals surface area contributed by atoms with Gasteiger partial charge in [0, 0.05) is 0 Å². The van der Waals surface area contributed by atoms with Gasteiger partial charge in [-0.15, -0.1) is 0 Å². The SMILES string of the molecule is CC1(C)Oc2c(c(C#N)c(N3c4ccc(-c5ccccc5)cc4Oc4cc(-c5ccccc5)ccc43)c(C#N)c2-c2c(F)c(F)c(F)c(F)c2F)OC1(C)CC1CC1. The molecule has 6 aromatic rings. The van der Waals surface area contributed by atoms with Crippen molar-refractivity contribution in [2.75, 3.05) is 4.90 Å². The number of rotatable bonds is 6. The Labute approximate surface area is 330 Å². The summed E-state index contributed by atoms with van der Waals surface area (Å²) in [5.74, 6) is -11.1. The molecule has 0 amide bonds. The van der Waals surface area contributed by atoms with Crippen molar-refractivity contribution in [2.24, 2.45) is 5.92 Å². The molecule has 6 nitrogen and oxygen atoms in total. The normalized spacial score (nSPS) is 17.4. The molecule has 3 aliphatic rings. The lowest BCUT2D eigenvalue weighted by atomic mass is 9.80. The van der Waals surface area contributed by atoms with Crippen LogP contribution in [0.5, 0.6) is 23.0 Å². The summed E-state index contributed by atoms with van der Waals surface area (Å²) in [6.07, 6.45) is 2.34. The van der Waals surface area contributed by atoms with Gasteiger partial charge in [0.05, 0.1) is 33.8 Å². The second kappa shape index (κ2) is 13.4. The lowest BCUT2D eigenvalue weighted by Crippen LogP contribution is -2.58. The Balaban J connectivity index is 1.39. The van der Waals surface area contributed by atoms with Gasteiger partial charge in [0.25, 0.3) is 0 Å². The van der Waals surface area contributed by atoms with E-state index in [1.807, 2.05) is 78.9 Å². The van der Waals surface area contributed by atoms with Crippen LogP contribution in [0.15, 0.2) is 97.1 Å². The third kappa shape index (κ3) is 5.64. The molecule has 1 saturated carbocycles. The van der Waals surface area contributed by atoms with Gasteiger partial charge in [0.2, 0.25) is 5.82 Å². The highest BCUT2D eigenvalue weighted by molar-refractivity contribution is 5.99. The Morgan fingerprint density at radius 2 is 1.10 bits per heavy atom. The van der Waals surface area contributed by atoms with Gasteiger partial charge in [-0.3, -0.25) is 0 Å². The Kier molecular flexibility index (Phi) is 8.48. The molecule has 0 spiro atoms. The zero-order valence-corrected chi connectivity index (χ0v) is 31.4. The maximum atomic E-state index is 16.1. The summed E-state index contributed by atoms with van der Waals surface area (Å²) in [6, 6.07) is 33.7. The number of nitrogens with zero attached hydrogens (tertiary/aromatic N) is 3. The molecule has 9 rings (SSSR count). The number of halogens is 5. The van der Waals surface area contributed by atoms with Gasteiger partial charge in [-0.1, -0.05) is 85.6 Å². The fourth-order valence-electron chi connectivity index (χ4n) is 7.93. The zero-order chi connectivity index (χ0) is 40.7. The predicted octanol–water partition coefficient (Wildman–Crippen LogP) is 12.8. The average Bonchev–Trinajstić information content (AvgIpc) is 4.05. The quantitative estimate of drug-likeness (QED) is 0.0950. The summed E-state index contributed by atoms with van der Waals surface area (Å²) in [5, 5.41) is 22.2. The van der Waals surface area contributed by atoms with E-state index in [0.29, 0.717) is 29.3 Å².